The fourth-order valence-electron chi connectivity index (χ4n) is 1.47. The van der Waals surface area contributed by atoms with Crippen molar-refractivity contribution < 1.29 is 9.90 Å². The molecule has 2 atom stereocenters. The molecule has 2 N–H and O–H groups in total. The first-order valence-electron chi connectivity index (χ1n) is 5.63. The molecule has 0 fully saturated rings. The van der Waals surface area contributed by atoms with E-state index >= 15 is 0 Å². The number of hydrogen-bond acceptors (Lipinski definition) is 2. The van der Waals surface area contributed by atoms with Crippen molar-refractivity contribution in [3.8, 4) is 0 Å². The third kappa shape index (κ3) is 3.72. The van der Waals surface area contributed by atoms with Crippen LogP contribution in [0, 0.1) is 12.8 Å². The van der Waals surface area contributed by atoms with Gasteiger partial charge in [-0.3, -0.25) is 4.79 Å². The number of rotatable bonds is 4. The van der Waals surface area contributed by atoms with Gasteiger partial charge in [0.25, 0.3) is 5.91 Å². The number of nitrogens with one attached hydrogen (secondary N) is 1. The van der Waals surface area contributed by atoms with Gasteiger partial charge < -0.3 is 10.4 Å². The normalized spacial score (nSPS) is 14.2. The molecule has 3 nitrogen and oxygen atoms in total. The average Bonchev–Trinajstić information content (AvgIpc) is 2.27. The smallest absolute Gasteiger partial charge is 0.251 e. The summed E-state index contributed by atoms with van der Waals surface area (Å²) in [5.41, 5.74) is 1.46. The van der Waals surface area contributed by atoms with E-state index in [9.17, 15) is 4.79 Å². The lowest BCUT2D eigenvalue weighted by Crippen LogP contribution is -2.38. The summed E-state index contributed by atoms with van der Waals surface area (Å²) in [6.45, 7) is 5.67. The zero-order valence-corrected chi connectivity index (χ0v) is 11.1. The summed E-state index contributed by atoms with van der Waals surface area (Å²) < 4.78 is 0. The minimum Gasteiger partial charge on any atom is -0.396 e. The second kappa shape index (κ2) is 6.03. The number of hydrogen-bond donors (Lipinski definition) is 2. The maximum atomic E-state index is 12.0. The van der Waals surface area contributed by atoms with E-state index in [0.29, 0.717) is 10.6 Å². The van der Waals surface area contributed by atoms with Crippen LogP contribution in [0.15, 0.2) is 18.2 Å². The van der Waals surface area contributed by atoms with Crippen LogP contribution in [-0.4, -0.2) is 23.7 Å². The molecule has 1 aromatic carbocycles. The summed E-state index contributed by atoms with van der Waals surface area (Å²) >= 11 is 5.84. The molecule has 94 valence electrons. The Bertz CT molecular complexity index is 406. The molecule has 0 bridgehead atoms. The topological polar surface area (TPSA) is 49.3 Å². The first-order chi connectivity index (χ1) is 7.95. The molecular formula is C13H18ClNO2. The maximum Gasteiger partial charge on any atom is 0.251 e. The molecule has 1 rings (SSSR count). The molecule has 2 unspecified atom stereocenters. The van der Waals surface area contributed by atoms with E-state index in [1.807, 2.05) is 20.8 Å². The number of amides is 1. The van der Waals surface area contributed by atoms with Crippen molar-refractivity contribution in [2.24, 2.45) is 5.92 Å². The SMILES string of the molecule is Cc1cc(Cl)ccc1C(=O)NC(C)C(C)CO. The Morgan fingerprint density at radius 3 is 2.65 bits per heavy atom. The lowest BCUT2D eigenvalue weighted by Gasteiger charge is -2.19. The molecule has 0 radical (unpaired) electrons. The van der Waals surface area contributed by atoms with E-state index in [0.717, 1.165) is 5.56 Å². The quantitative estimate of drug-likeness (QED) is 0.868. The summed E-state index contributed by atoms with van der Waals surface area (Å²) in [5, 5.41) is 12.5. The molecule has 0 saturated carbocycles. The third-order valence-corrected chi connectivity index (χ3v) is 3.17. The minimum atomic E-state index is -0.132. The van der Waals surface area contributed by atoms with Gasteiger partial charge in [-0.15, -0.1) is 0 Å². The summed E-state index contributed by atoms with van der Waals surface area (Å²) in [7, 11) is 0. The number of carbonyl (C=O) groups excluding carboxylic acids is 1. The van der Waals surface area contributed by atoms with Gasteiger partial charge in [-0.2, -0.15) is 0 Å². The molecule has 0 aliphatic heterocycles. The maximum absolute atomic E-state index is 12.0. The van der Waals surface area contributed by atoms with Crippen molar-refractivity contribution in [3.63, 3.8) is 0 Å². The first-order valence-corrected chi connectivity index (χ1v) is 6.01. The predicted molar refractivity (Wildman–Crippen MR) is 69.4 cm³/mol. The van der Waals surface area contributed by atoms with Gasteiger partial charge in [0.05, 0.1) is 0 Å². The van der Waals surface area contributed by atoms with E-state index in [1.165, 1.54) is 0 Å². The molecule has 0 saturated heterocycles. The number of aliphatic hydroxyl groups excluding tert-OH is 1. The van der Waals surface area contributed by atoms with E-state index in [4.69, 9.17) is 16.7 Å². The van der Waals surface area contributed by atoms with Crippen LogP contribution in [-0.2, 0) is 0 Å². The van der Waals surface area contributed by atoms with Crippen molar-refractivity contribution in [2.45, 2.75) is 26.8 Å². The number of aryl methyl sites for hydroxylation is 1. The van der Waals surface area contributed by atoms with Gasteiger partial charge in [0, 0.05) is 23.2 Å². The molecule has 0 aromatic heterocycles. The fraction of sp³-hybridized carbons (Fsp3) is 0.462. The van der Waals surface area contributed by atoms with Gasteiger partial charge in [0.1, 0.15) is 0 Å². The standard InChI is InChI=1S/C13H18ClNO2/c1-8-6-11(14)4-5-12(8)13(17)15-10(3)9(2)7-16/h4-6,9-10,16H,7H2,1-3H3,(H,15,17). The van der Waals surface area contributed by atoms with Gasteiger partial charge in [0.15, 0.2) is 0 Å². The Hall–Kier alpha value is -1.06. The number of aliphatic hydroxyl groups is 1. The average molecular weight is 256 g/mol. The van der Waals surface area contributed by atoms with Crippen LogP contribution in [0.4, 0.5) is 0 Å². The minimum absolute atomic E-state index is 0.0338. The van der Waals surface area contributed by atoms with Crippen LogP contribution in [0.25, 0.3) is 0 Å². The monoisotopic (exact) mass is 255 g/mol. The summed E-state index contributed by atoms with van der Waals surface area (Å²) in [6, 6.07) is 5.10. The van der Waals surface area contributed by atoms with Crippen LogP contribution < -0.4 is 5.32 Å². The van der Waals surface area contributed by atoms with Gasteiger partial charge in [-0.25, -0.2) is 0 Å². The number of halogens is 1. The molecule has 0 spiro atoms. The van der Waals surface area contributed by atoms with Gasteiger partial charge in [-0.05, 0) is 43.5 Å². The van der Waals surface area contributed by atoms with Crippen molar-refractivity contribution in [2.75, 3.05) is 6.61 Å². The molecule has 0 aliphatic carbocycles. The largest absolute Gasteiger partial charge is 0.396 e. The van der Waals surface area contributed by atoms with Crippen LogP contribution in [0.5, 0.6) is 0 Å². The molecule has 0 heterocycles. The van der Waals surface area contributed by atoms with Crippen molar-refractivity contribution in [1.29, 1.82) is 0 Å². The van der Waals surface area contributed by atoms with E-state index in [2.05, 4.69) is 5.32 Å². The van der Waals surface area contributed by atoms with E-state index in [-0.39, 0.29) is 24.5 Å². The van der Waals surface area contributed by atoms with Gasteiger partial charge >= 0.3 is 0 Å². The summed E-state index contributed by atoms with van der Waals surface area (Å²) in [4.78, 5) is 12.0. The third-order valence-electron chi connectivity index (χ3n) is 2.93. The second-order valence-electron chi connectivity index (χ2n) is 4.38. The zero-order chi connectivity index (χ0) is 13.0. The Labute approximate surface area is 107 Å². The fourth-order valence-corrected chi connectivity index (χ4v) is 1.69. The van der Waals surface area contributed by atoms with Gasteiger partial charge in [-0.1, -0.05) is 18.5 Å². The van der Waals surface area contributed by atoms with E-state index < -0.39 is 0 Å². The first kappa shape index (κ1) is 14.0. The highest BCUT2D eigenvalue weighted by atomic mass is 35.5. The molecule has 1 amide bonds. The lowest BCUT2D eigenvalue weighted by atomic mass is 10.0. The second-order valence-corrected chi connectivity index (χ2v) is 4.82. The number of benzene rings is 1. The Morgan fingerprint density at radius 1 is 1.47 bits per heavy atom. The molecular weight excluding hydrogens is 238 g/mol. The van der Waals surface area contributed by atoms with Gasteiger partial charge in [0.2, 0.25) is 0 Å². The molecule has 4 heteroatoms. The highest BCUT2D eigenvalue weighted by molar-refractivity contribution is 6.30. The van der Waals surface area contributed by atoms with Crippen LogP contribution in [0.1, 0.15) is 29.8 Å². The molecule has 0 aliphatic rings. The lowest BCUT2D eigenvalue weighted by molar-refractivity contribution is 0.0915. The Balaban J connectivity index is 2.76. The Kier molecular flexibility index (Phi) is 4.97. The van der Waals surface area contributed by atoms with Crippen LogP contribution in [0.3, 0.4) is 0 Å². The van der Waals surface area contributed by atoms with E-state index in [1.54, 1.807) is 18.2 Å². The van der Waals surface area contributed by atoms with Crippen molar-refractivity contribution >= 4 is 17.5 Å². The van der Waals surface area contributed by atoms with Crippen LogP contribution >= 0.6 is 11.6 Å². The predicted octanol–water partition coefficient (Wildman–Crippen LogP) is 2.40. The summed E-state index contributed by atoms with van der Waals surface area (Å²) in [5.74, 6) is -0.0986. The van der Waals surface area contributed by atoms with Crippen molar-refractivity contribution in [3.05, 3.63) is 34.3 Å². The summed E-state index contributed by atoms with van der Waals surface area (Å²) in [6.07, 6.45) is 0. The zero-order valence-electron chi connectivity index (χ0n) is 10.3. The number of carbonyl (C=O) groups is 1. The molecule has 17 heavy (non-hydrogen) atoms. The highest BCUT2D eigenvalue weighted by Crippen LogP contribution is 2.15. The highest BCUT2D eigenvalue weighted by Gasteiger charge is 2.16. The van der Waals surface area contributed by atoms with Crippen molar-refractivity contribution in [1.82, 2.24) is 5.32 Å². The molecule has 1 aromatic rings. The van der Waals surface area contributed by atoms with Crippen LogP contribution in [0.2, 0.25) is 5.02 Å². The Morgan fingerprint density at radius 2 is 2.12 bits per heavy atom.